The second kappa shape index (κ2) is 9.80. The molecule has 0 aliphatic heterocycles. The second-order valence-electron chi connectivity index (χ2n) is 6.48. The summed E-state index contributed by atoms with van der Waals surface area (Å²) in [5.41, 5.74) is 3.08. The number of ether oxygens (including phenoxy) is 1. The van der Waals surface area contributed by atoms with Gasteiger partial charge >= 0.3 is 0 Å². The summed E-state index contributed by atoms with van der Waals surface area (Å²) in [6, 6.07) is 13.3. The zero-order valence-electron chi connectivity index (χ0n) is 16.6. The smallest absolute Gasteiger partial charge is 0.234 e. The van der Waals surface area contributed by atoms with E-state index in [4.69, 9.17) is 16.3 Å². The van der Waals surface area contributed by atoms with E-state index in [9.17, 15) is 4.79 Å². The Balaban J connectivity index is 1.58. The van der Waals surface area contributed by atoms with E-state index in [2.05, 4.69) is 22.4 Å². The van der Waals surface area contributed by atoms with E-state index in [0.717, 1.165) is 23.2 Å². The van der Waals surface area contributed by atoms with Crippen LogP contribution < -0.4 is 10.1 Å². The van der Waals surface area contributed by atoms with Gasteiger partial charge in [-0.15, -0.1) is 10.2 Å². The zero-order chi connectivity index (χ0) is 20.8. The molecule has 0 aliphatic rings. The minimum absolute atomic E-state index is 0.0733. The van der Waals surface area contributed by atoms with E-state index >= 15 is 0 Å². The summed E-state index contributed by atoms with van der Waals surface area (Å²) < 4.78 is 7.54. The molecule has 1 N–H and O–H groups in total. The van der Waals surface area contributed by atoms with Crippen molar-refractivity contribution in [3.63, 3.8) is 0 Å². The van der Waals surface area contributed by atoms with E-state index in [-0.39, 0.29) is 18.3 Å². The van der Waals surface area contributed by atoms with Gasteiger partial charge < -0.3 is 14.6 Å². The third kappa shape index (κ3) is 5.31. The van der Waals surface area contributed by atoms with Crippen molar-refractivity contribution in [2.45, 2.75) is 32.0 Å². The molecule has 0 saturated heterocycles. The zero-order valence-corrected chi connectivity index (χ0v) is 18.2. The van der Waals surface area contributed by atoms with Gasteiger partial charge in [0.15, 0.2) is 11.0 Å². The number of nitrogens with one attached hydrogen (secondary N) is 1. The van der Waals surface area contributed by atoms with Crippen molar-refractivity contribution >= 4 is 35.0 Å². The number of anilines is 1. The second-order valence-corrected chi connectivity index (χ2v) is 7.83. The average Bonchev–Trinajstić information content (AvgIpc) is 3.07. The van der Waals surface area contributed by atoms with Gasteiger partial charge in [-0.25, -0.2) is 0 Å². The number of hydrogen-bond acceptors (Lipinski definition) is 5. The highest BCUT2D eigenvalue weighted by atomic mass is 35.5. The number of carbonyl (C=O) groups excluding carboxylic acids is 1. The van der Waals surface area contributed by atoms with Crippen molar-refractivity contribution in [3.8, 4) is 5.75 Å². The molecule has 0 saturated carbocycles. The number of benzene rings is 2. The molecule has 0 atom stereocenters. The van der Waals surface area contributed by atoms with Gasteiger partial charge in [0.05, 0.1) is 10.8 Å². The lowest BCUT2D eigenvalue weighted by Gasteiger charge is -2.12. The molecule has 8 heteroatoms. The first-order chi connectivity index (χ1) is 14.0. The van der Waals surface area contributed by atoms with Gasteiger partial charge in [0.25, 0.3) is 0 Å². The molecule has 1 aromatic heterocycles. The summed E-state index contributed by atoms with van der Waals surface area (Å²) in [6.45, 7) is 4.31. The molecule has 29 heavy (non-hydrogen) atoms. The van der Waals surface area contributed by atoms with Gasteiger partial charge in [0.1, 0.15) is 12.4 Å². The number of aromatic nitrogens is 3. The van der Waals surface area contributed by atoms with Gasteiger partial charge in [-0.3, -0.25) is 4.79 Å². The number of rotatable bonds is 8. The van der Waals surface area contributed by atoms with Gasteiger partial charge in [0.2, 0.25) is 5.91 Å². The van der Waals surface area contributed by atoms with Crippen LogP contribution in [0.1, 0.15) is 23.9 Å². The normalized spacial score (nSPS) is 10.8. The highest BCUT2D eigenvalue weighted by Crippen LogP contribution is 2.25. The van der Waals surface area contributed by atoms with E-state index in [1.807, 2.05) is 48.9 Å². The Labute approximate surface area is 179 Å². The van der Waals surface area contributed by atoms with Crippen LogP contribution in [0.4, 0.5) is 5.69 Å². The van der Waals surface area contributed by atoms with Crippen LogP contribution in [-0.2, 0) is 24.9 Å². The monoisotopic (exact) mass is 430 g/mol. The maximum absolute atomic E-state index is 12.4. The summed E-state index contributed by atoms with van der Waals surface area (Å²) in [7, 11) is 1.85. The van der Waals surface area contributed by atoms with E-state index in [1.165, 1.54) is 11.8 Å². The first-order valence-corrected chi connectivity index (χ1v) is 10.6. The van der Waals surface area contributed by atoms with Crippen molar-refractivity contribution in [1.29, 1.82) is 0 Å². The summed E-state index contributed by atoms with van der Waals surface area (Å²) in [5.74, 6) is 1.42. The number of carbonyl (C=O) groups is 1. The first-order valence-electron chi connectivity index (χ1n) is 9.26. The van der Waals surface area contributed by atoms with Gasteiger partial charge in [-0.2, -0.15) is 0 Å². The fourth-order valence-corrected chi connectivity index (χ4v) is 3.73. The lowest BCUT2D eigenvalue weighted by atomic mass is 10.1. The van der Waals surface area contributed by atoms with Crippen LogP contribution in [0.15, 0.2) is 47.6 Å². The summed E-state index contributed by atoms with van der Waals surface area (Å²) in [5, 5.41) is 12.5. The van der Waals surface area contributed by atoms with Crippen LogP contribution >= 0.6 is 23.4 Å². The maximum atomic E-state index is 12.4. The third-order valence-corrected chi connectivity index (χ3v) is 5.79. The average molecular weight is 431 g/mol. The standard InChI is InChI=1S/C21H23ClN4O2S/c1-4-15-9-7-8-14(2)20(15)23-19(27)13-29-21-25-24-18(26(21)3)12-28-17-11-6-5-10-16(17)22/h5-11H,4,12-13H2,1-3H3,(H,23,27). The highest BCUT2D eigenvalue weighted by molar-refractivity contribution is 7.99. The molecule has 2 aromatic carbocycles. The Kier molecular flexibility index (Phi) is 7.17. The fourth-order valence-electron chi connectivity index (χ4n) is 2.81. The Bertz CT molecular complexity index is 1010. The minimum Gasteiger partial charge on any atom is -0.484 e. The largest absolute Gasteiger partial charge is 0.484 e. The van der Waals surface area contributed by atoms with Crippen LogP contribution in [-0.4, -0.2) is 26.4 Å². The van der Waals surface area contributed by atoms with Crippen LogP contribution in [0.2, 0.25) is 5.02 Å². The molecule has 1 amide bonds. The van der Waals surface area contributed by atoms with Crippen molar-refractivity contribution in [1.82, 2.24) is 14.8 Å². The Morgan fingerprint density at radius 2 is 2.00 bits per heavy atom. The van der Waals surface area contributed by atoms with Crippen LogP contribution in [0.3, 0.4) is 0 Å². The maximum Gasteiger partial charge on any atom is 0.234 e. The molecule has 6 nitrogen and oxygen atoms in total. The van der Waals surface area contributed by atoms with Crippen LogP contribution in [0.5, 0.6) is 5.75 Å². The molecule has 0 radical (unpaired) electrons. The van der Waals surface area contributed by atoms with Gasteiger partial charge in [0, 0.05) is 12.7 Å². The molecule has 0 spiro atoms. The SMILES string of the molecule is CCc1cccc(C)c1NC(=O)CSc1nnc(COc2ccccc2Cl)n1C. The third-order valence-electron chi connectivity index (χ3n) is 4.46. The van der Waals surface area contributed by atoms with E-state index in [1.54, 1.807) is 12.1 Å². The van der Waals surface area contributed by atoms with Gasteiger partial charge in [-0.1, -0.05) is 60.6 Å². The summed E-state index contributed by atoms with van der Waals surface area (Å²) in [6.07, 6.45) is 0.864. The molecular weight excluding hydrogens is 408 g/mol. The number of nitrogens with zero attached hydrogens (tertiary/aromatic N) is 3. The molecule has 3 rings (SSSR count). The number of halogens is 1. The van der Waals surface area contributed by atoms with E-state index in [0.29, 0.717) is 21.8 Å². The highest BCUT2D eigenvalue weighted by Gasteiger charge is 2.14. The predicted molar refractivity (Wildman–Crippen MR) is 117 cm³/mol. The topological polar surface area (TPSA) is 69.0 Å². The number of amides is 1. The van der Waals surface area contributed by atoms with Crippen molar-refractivity contribution < 1.29 is 9.53 Å². The number of aryl methyl sites for hydroxylation is 2. The predicted octanol–water partition coefficient (Wildman–Crippen LogP) is 4.65. The number of thioether (sulfide) groups is 1. The molecular formula is C21H23ClN4O2S. The Morgan fingerprint density at radius 1 is 1.21 bits per heavy atom. The molecule has 0 aliphatic carbocycles. The molecule has 0 unspecified atom stereocenters. The number of para-hydroxylation sites is 2. The van der Waals surface area contributed by atoms with Crippen LogP contribution in [0, 0.1) is 6.92 Å². The molecule has 3 aromatic rings. The van der Waals surface area contributed by atoms with Crippen molar-refractivity contribution in [2.24, 2.45) is 7.05 Å². The fraction of sp³-hybridized carbons (Fsp3) is 0.286. The molecule has 1 heterocycles. The lowest BCUT2D eigenvalue weighted by molar-refractivity contribution is -0.113. The Hall–Kier alpha value is -2.51. The quantitative estimate of drug-likeness (QED) is 0.527. The first kappa shape index (κ1) is 21.2. The van der Waals surface area contributed by atoms with E-state index < -0.39 is 0 Å². The summed E-state index contributed by atoms with van der Waals surface area (Å²) in [4.78, 5) is 12.4. The number of hydrogen-bond donors (Lipinski definition) is 1. The molecule has 0 bridgehead atoms. The Morgan fingerprint density at radius 3 is 2.76 bits per heavy atom. The molecule has 152 valence electrons. The van der Waals surface area contributed by atoms with Gasteiger partial charge in [-0.05, 0) is 36.6 Å². The van der Waals surface area contributed by atoms with Crippen LogP contribution in [0.25, 0.3) is 0 Å². The molecule has 0 fully saturated rings. The summed E-state index contributed by atoms with van der Waals surface area (Å²) >= 11 is 7.44. The van der Waals surface area contributed by atoms with Crippen molar-refractivity contribution in [3.05, 3.63) is 64.4 Å². The lowest BCUT2D eigenvalue weighted by Crippen LogP contribution is -2.16. The van der Waals surface area contributed by atoms with Crippen molar-refractivity contribution in [2.75, 3.05) is 11.1 Å². The minimum atomic E-state index is -0.0733.